The van der Waals surface area contributed by atoms with E-state index in [0.717, 1.165) is 36.7 Å². The van der Waals surface area contributed by atoms with Crippen molar-refractivity contribution in [1.82, 2.24) is 4.90 Å². The molecule has 0 bridgehead atoms. The van der Waals surface area contributed by atoms with E-state index in [1.165, 1.54) is 6.42 Å². The highest BCUT2D eigenvalue weighted by Gasteiger charge is 2.25. The standard InChI is InChI=1S/C18H21NO2/c1-2-13-6-5-11-19(12-13)18(21)16-10-9-14-7-3-4-8-15(14)17(16)20/h3-4,7-10,13,20H,2,5-6,11-12H2,1H3. The van der Waals surface area contributed by atoms with Gasteiger partial charge >= 0.3 is 0 Å². The Bertz CT molecular complexity index is 665. The van der Waals surface area contributed by atoms with Crippen LogP contribution >= 0.6 is 0 Å². The molecule has 1 atom stereocenters. The number of phenolic OH excluding ortho intramolecular Hbond substituents is 1. The normalized spacial score (nSPS) is 18.9. The van der Waals surface area contributed by atoms with Gasteiger partial charge in [0.05, 0.1) is 5.56 Å². The fourth-order valence-corrected chi connectivity index (χ4v) is 3.18. The van der Waals surface area contributed by atoms with Gasteiger partial charge in [-0.1, -0.05) is 43.7 Å². The molecule has 1 fully saturated rings. The van der Waals surface area contributed by atoms with E-state index >= 15 is 0 Å². The molecule has 0 aromatic heterocycles. The number of likely N-dealkylation sites (tertiary alicyclic amines) is 1. The van der Waals surface area contributed by atoms with E-state index in [4.69, 9.17) is 0 Å². The van der Waals surface area contributed by atoms with Crippen LogP contribution in [0.1, 0.15) is 36.5 Å². The molecule has 21 heavy (non-hydrogen) atoms. The largest absolute Gasteiger partial charge is 0.506 e. The van der Waals surface area contributed by atoms with Crippen LogP contribution in [0.5, 0.6) is 5.75 Å². The van der Waals surface area contributed by atoms with E-state index in [1.807, 2.05) is 35.2 Å². The van der Waals surface area contributed by atoms with Crippen LogP contribution in [0.2, 0.25) is 0 Å². The maximum Gasteiger partial charge on any atom is 0.257 e. The van der Waals surface area contributed by atoms with Crippen molar-refractivity contribution < 1.29 is 9.90 Å². The van der Waals surface area contributed by atoms with Crippen molar-refractivity contribution in [2.24, 2.45) is 5.92 Å². The molecule has 3 rings (SSSR count). The third kappa shape index (κ3) is 2.60. The number of amides is 1. The van der Waals surface area contributed by atoms with Crippen molar-refractivity contribution in [3.05, 3.63) is 42.0 Å². The Hall–Kier alpha value is -2.03. The summed E-state index contributed by atoms with van der Waals surface area (Å²) in [4.78, 5) is 14.6. The molecule has 1 unspecified atom stereocenters. The number of rotatable bonds is 2. The minimum atomic E-state index is -0.0450. The van der Waals surface area contributed by atoms with E-state index in [-0.39, 0.29) is 11.7 Å². The molecule has 1 N–H and O–H groups in total. The van der Waals surface area contributed by atoms with Gasteiger partial charge < -0.3 is 10.0 Å². The van der Waals surface area contributed by atoms with Crippen molar-refractivity contribution in [2.45, 2.75) is 26.2 Å². The van der Waals surface area contributed by atoms with Gasteiger partial charge in [0.1, 0.15) is 5.75 Å². The Labute approximate surface area is 125 Å². The van der Waals surface area contributed by atoms with E-state index in [9.17, 15) is 9.90 Å². The van der Waals surface area contributed by atoms with E-state index in [2.05, 4.69) is 6.92 Å². The lowest BCUT2D eigenvalue weighted by atomic mass is 9.95. The summed E-state index contributed by atoms with van der Waals surface area (Å²) in [5, 5.41) is 12.1. The van der Waals surface area contributed by atoms with Crippen molar-refractivity contribution in [1.29, 1.82) is 0 Å². The highest BCUT2D eigenvalue weighted by molar-refractivity contribution is 6.03. The second-order valence-corrected chi connectivity index (χ2v) is 5.85. The average molecular weight is 283 g/mol. The predicted octanol–water partition coefficient (Wildman–Crippen LogP) is 3.81. The van der Waals surface area contributed by atoms with Crippen LogP contribution in [0, 0.1) is 5.92 Å². The maximum absolute atomic E-state index is 12.7. The number of phenols is 1. The van der Waals surface area contributed by atoms with Gasteiger partial charge in [0.2, 0.25) is 0 Å². The molecule has 3 heteroatoms. The number of hydrogen-bond donors (Lipinski definition) is 1. The second-order valence-electron chi connectivity index (χ2n) is 5.85. The highest BCUT2D eigenvalue weighted by atomic mass is 16.3. The van der Waals surface area contributed by atoms with Crippen LogP contribution in [0.3, 0.4) is 0 Å². The van der Waals surface area contributed by atoms with Crippen molar-refractivity contribution in [3.8, 4) is 5.75 Å². The number of nitrogens with zero attached hydrogens (tertiary/aromatic N) is 1. The topological polar surface area (TPSA) is 40.5 Å². The van der Waals surface area contributed by atoms with Crippen molar-refractivity contribution >= 4 is 16.7 Å². The van der Waals surface area contributed by atoms with Crippen molar-refractivity contribution in [2.75, 3.05) is 13.1 Å². The van der Waals surface area contributed by atoms with E-state index in [1.54, 1.807) is 6.07 Å². The summed E-state index contributed by atoms with van der Waals surface area (Å²) in [5.74, 6) is 0.651. The number of carbonyl (C=O) groups excluding carboxylic acids is 1. The average Bonchev–Trinajstić information content (AvgIpc) is 2.55. The molecule has 1 amide bonds. The molecule has 2 aromatic carbocycles. The Morgan fingerprint density at radius 3 is 2.90 bits per heavy atom. The second kappa shape index (κ2) is 5.76. The van der Waals surface area contributed by atoms with E-state index < -0.39 is 0 Å². The third-order valence-electron chi connectivity index (χ3n) is 4.51. The summed E-state index contributed by atoms with van der Waals surface area (Å²) in [7, 11) is 0. The summed E-state index contributed by atoms with van der Waals surface area (Å²) < 4.78 is 0. The van der Waals surface area contributed by atoms with E-state index in [0.29, 0.717) is 11.5 Å². The molecule has 0 radical (unpaired) electrons. The number of hydrogen-bond acceptors (Lipinski definition) is 2. The molecule has 110 valence electrons. The summed E-state index contributed by atoms with van der Waals surface area (Å²) in [6, 6.07) is 11.3. The quantitative estimate of drug-likeness (QED) is 0.910. The van der Waals surface area contributed by atoms with Crippen LogP contribution < -0.4 is 0 Å². The van der Waals surface area contributed by atoms with Gasteiger partial charge in [-0.05, 0) is 30.2 Å². The smallest absolute Gasteiger partial charge is 0.257 e. The monoisotopic (exact) mass is 283 g/mol. The van der Waals surface area contributed by atoms with Crippen LogP contribution in [0.4, 0.5) is 0 Å². The Morgan fingerprint density at radius 1 is 1.29 bits per heavy atom. The molecule has 0 spiro atoms. The Morgan fingerprint density at radius 2 is 2.10 bits per heavy atom. The summed E-state index contributed by atoms with van der Waals surface area (Å²) in [6.45, 7) is 3.77. The molecule has 0 saturated carbocycles. The molecule has 2 aromatic rings. The zero-order valence-corrected chi connectivity index (χ0v) is 12.4. The zero-order chi connectivity index (χ0) is 14.8. The molecule has 1 saturated heterocycles. The molecule has 3 nitrogen and oxygen atoms in total. The first kappa shape index (κ1) is 13.9. The molecular formula is C18H21NO2. The summed E-state index contributed by atoms with van der Waals surface area (Å²) >= 11 is 0. The molecule has 1 aliphatic heterocycles. The van der Waals surface area contributed by atoms with Crippen molar-refractivity contribution in [3.63, 3.8) is 0 Å². The van der Waals surface area contributed by atoms with Crippen LogP contribution in [-0.4, -0.2) is 29.0 Å². The Kier molecular flexibility index (Phi) is 3.82. The zero-order valence-electron chi connectivity index (χ0n) is 12.4. The van der Waals surface area contributed by atoms with Gasteiger partial charge in [-0.25, -0.2) is 0 Å². The number of carbonyl (C=O) groups is 1. The van der Waals surface area contributed by atoms with Gasteiger partial charge in [-0.3, -0.25) is 4.79 Å². The lowest BCUT2D eigenvalue weighted by Crippen LogP contribution is -2.39. The van der Waals surface area contributed by atoms with Gasteiger partial charge in [-0.15, -0.1) is 0 Å². The minimum absolute atomic E-state index is 0.0450. The summed E-state index contributed by atoms with van der Waals surface area (Å²) in [5.41, 5.74) is 0.422. The SMILES string of the molecule is CCC1CCCN(C(=O)c2ccc3ccccc3c2O)C1. The van der Waals surface area contributed by atoms with Gasteiger partial charge in [0.15, 0.2) is 0 Å². The van der Waals surface area contributed by atoms with Crippen LogP contribution in [0.15, 0.2) is 36.4 Å². The number of fused-ring (bicyclic) bond motifs is 1. The third-order valence-corrected chi connectivity index (χ3v) is 4.51. The molecule has 1 heterocycles. The lowest BCUT2D eigenvalue weighted by Gasteiger charge is -2.32. The molecule has 1 aliphatic rings. The molecule has 0 aliphatic carbocycles. The first-order valence-electron chi connectivity index (χ1n) is 7.70. The highest BCUT2D eigenvalue weighted by Crippen LogP contribution is 2.30. The number of aromatic hydroxyl groups is 1. The summed E-state index contributed by atoms with van der Waals surface area (Å²) in [6.07, 6.45) is 3.36. The fourth-order valence-electron chi connectivity index (χ4n) is 3.18. The van der Waals surface area contributed by atoms with Gasteiger partial charge in [0.25, 0.3) is 5.91 Å². The Balaban J connectivity index is 1.92. The molecular weight excluding hydrogens is 262 g/mol. The predicted molar refractivity (Wildman–Crippen MR) is 84.5 cm³/mol. The lowest BCUT2D eigenvalue weighted by molar-refractivity contribution is 0.0668. The number of piperidine rings is 1. The van der Waals surface area contributed by atoms with Gasteiger partial charge in [0, 0.05) is 18.5 Å². The van der Waals surface area contributed by atoms with Gasteiger partial charge in [-0.2, -0.15) is 0 Å². The first-order chi connectivity index (χ1) is 10.2. The maximum atomic E-state index is 12.7. The first-order valence-corrected chi connectivity index (χ1v) is 7.70. The fraction of sp³-hybridized carbons (Fsp3) is 0.389. The van der Waals surface area contributed by atoms with Crippen LogP contribution in [0.25, 0.3) is 10.8 Å². The number of benzene rings is 2. The van der Waals surface area contributed by atoms with Crippen LogP contribution in [-0.2, 0) is 0 Å². The minimum Gasteiger partial charge on any atom is -0.506 e.